The van der Waals surface area contributed by atoms with E-state index in [4.69, 9.17) is 0 Å². The molecule has 0 radical (unpaired) electrons. The van der Waals surface area contributed by atoms with Crippen molar-refractivity contribution in [1.82, 2.24) is 19.9 Å². The lowest BCUT2D eigenvalue weighted by Crippen LogP contribution is -2.28. The topological polar surface area (TPSA) is 71.3 Å². The van der Waals surface area contributed by atoms with Crippen LogP contribution in [0.25, 0.3) is 5.65 Å². The van der Waals surface area contributed by atoms with Gasteiger partial charge in [-0.1, -0.05) is 19.1 Å². The largest absolute Gasteiger partial charge is 0.334 e. The van der Waals surface area contributed by atoms with E-state index in [1.807, 2.05) is 6.92 Å². The molecule has 0 atom stereocenters. The van der Waals surface area contributed by atoms with Crippen molar-refractivity contribution in [2.24, 2.45) is 0 Å². The molecule has 0 bridgehead atoms. The predicted octanol–water partition coefficient (Wildman–Crippen LogP) is 2.75. The van der Waals surface area contributed by atoms with E-state index in [1.165, 1.54) is 12.1 Å². The Morgan fingerprint density at radius 2 is 2.04 bits per heavy atom. The highest BCUT2D eigenvalue weighted by Crippen LogP contribution is 2.14. The van der Waals surface area contributed by atoms with Crippen molar-refractivity contribution in [2.75, 3.05) is 5.32 Å². The molecule has 2 heterocycles. The number of anilines is 1. The molecule has 6 nitrogen and oxygen atoms in total. The molecule has 2 amide bonds. The van der Waals surface area contributed by atoms with Gasteiger partial charge < -0.3 is 10.6 Å². The number of benzene rings is 1. The summed E-state index contributed by atoms with van der Waals surface area (Å²) >= 11 is 0. The molecule has 0 aliphatic heterocycles. The maximum Gasteiger partial charge on any atom is 0.319 e. The van der Waals surface area contributed by atoms with Gasteiger partial charge in [0.15, 0.2) is 11.5 Å². The molecule has 23 heavy (non-hydrogen) atoms. The van der Waals surface area contributed by atoms with Crippen LogP contribution in [0.4, 0.5) is 14.9 Å². The van der Waals surface area contributed by atoms with Crippen molar-refractivity contribution in [3.63, 3.8) is 0 Å². The van der Waals surface area contributed by atoms with Gasteiger partial charge in [-0.05, 0) is 29.8 Å². The van der Waals surface area contributed by atoms with Gasteiger partial charge in [-0.15, -0.1) is 0 Å². The van der Waals surface area contributed by atoms with Gasteiger partial charge in [-0.25, -0.2) is 18.7 Å². The highest BCUT2D eigenvalue weighted by atomic mass is 19.1. The second-order valence-corrected chi connectivity index (χ2v) is 5.01. The number of hydrogen-bond donors (Lipinski definition) is 2. The maximum atomic E-state index is 12.8. The number of pyridine rings is 1. The van der Waals surface area contributed by atoms with Gasteiger partial charge >= 0.3 is 6.03 Å². The van der Waals surface area contributed by atoms with Crippen LogP contribution in [0.2, 0.25) is 0 Å². The summed E-state index contributed by atoms with van der Waals surface area (Å²) in [7, 11) is 0. The minimum Gasteiger partial charge on any atom is -0.334 e. The van der Waals surface area contributed by atoms with Crippen LogP contribution >= 0.6 is 0 Å². The van der Waals surface area contributed by atoms with E-state index in [-0.39, 0.29) is 11.8 Å². The molecule has 0 saturated heterocycles. The van der Waals surface area contributed by atoms with Crippen molar-refractivity contribution >= 4 is 17.4 Å². The lowest BCUT2D eigenvalue weighted by atomic mass is 10.2. The van der Waals surface area contributed by atoms with E-state index in [2.05, 4.69) is 20.7 Å². The van der Waals surface area contributed by atoms with Crippen LogP contribution in [0.15, 0.2) is 42.6 Å². The van der Waals surface area contributed by atoms with E-state index in [9.17, 15) is 9.18 Å². The molecule has 1 aromatic carbocycles. The molecule has 7 heteroatoms. The third-order valence-corrected chi connectivity index (χ3v) is 3.34. The van der Waals surface area contributed by atoms with Crippen LogP contribution in [-0.2, 0) is 13.0 Å². The van der Waals surface area contributed by atoms with Crippen LogP contribution in [0.3, 0.4) is 0 Å². The zero-order valence-electron chi connectivity index (χ0n) is 12.6. The number of amides is 2. The first-order valence-electron chi connectivity index (χ1n) is 7.29. The third kappa shape index (κ3) is 3.45. The minimum atomic E-state index is -0.358. The second-order valence-electron chi connectivity index (χ2n) is 5.01. The molecule has 0 aliphatic rings. The summed E-state index contributed by atoms with van der Waals surface area (Å²) in [6, 6.07) is 9.17. The molecule has 0 aliphatic carbocycles. The number of hydrogen-bond acceptors (Lipinski definition) is 3. The smallest absolute Gasteiger partial charge is 0.319 e. The highest BCUT2D eigenvalue weighted by molar-refractivity contribution is 5.92. The van der Waals surface area contributed by atoms with Gasteiger partial charge in [0.1, 0.15) is 5.82 Å². The Hall–Kier alpha value is -2.96. The fraction of sp³-hybridized carbons (Fsp3) is 0.188. The van der Waals surface area contributed by atoms with Gasteiger partial charge in [0.2, 0.25) is 0 Å². The molecule has 0 saturated carbocycles. The molecule has 2 aromatic heterocycles. The van der Waals surface area contributed by atoms with Gasteiger partial charge in [0.05, 0.1) is 5.69 Å². The van der Waals surface area contributed by atoms with Crippen molar-refractivity contribution in [2.45, 2.75) is 19.9 Å². The summed E-state index contributed by atoms with van der Waals surface area (Å²) in [5.41, 5.74) is 1.99. The number of halogens is 1. The Bertz CT molecular complexity index is 828. The summed E-state index contributed by atoms with van der Waals surface area (Å²) in [6.07, 6.45) is 2.50. The normalized spacial score (nSPS) is 10.7. The van der Waals surface area contributed by atoms with E-state index in [1.54, 1.807) is 35.0 Å². The lowest BCUT2D eigenvalue weighted by Gasteiger charge is -2.08. The van der Waals surface area contributed by atoms with E-state index >= 15 is 0 Å². The standard InChI is InChI=1S/C16H16FN5O/c1-2-14-20-15-13(4-3-9-22(15)21-14)19-16(23)18-10-11-5-7-12(17)8-6-11/h3-9H,2,10H2,1H3,(H2,18,19,23). The fourth-order valence-electron chi connectivity index (χ4n) is 2.15. The Morgan fingerprint density at radius 1 is 1.26 bits per heavy atom. The van der Waals surface area contributed by atoms with Crippen LogP contribution in [0.5, 0.6) is 0 Å². The summed E-state index contributed by atoms with van der Waals surface area (Å²) < 4.78 is 14.5. The first-order chi connectivity index (χ1) is 11.2. The first kappa shape index (κ1) is 15.0. The molecule has 0 unspecified atom stereocenters. The molecule has 3 aromatic rings. The summed E-state index contributed by atoms with van der Waals surface area (Å²) in [5.74, 6) is 0.411. The lowest BCUT2D eigenvalue weighted by molar-refractivity contribution is 0.252. The zero-order chi connectivity index (χ0) is 16.2. The van der Waals surface area contributed by atoms with Crippen molar-refractivity contribution in [3.8, 4) is 0 Å². The molecule has 3 rings (SSSR count). The number of carbonyl (C=O) groups is 1. The average Bonchev–Trinajstić information content (AvgIpc) is 2.99. The summed E-state index contributed by atoms with van der Waals surface area (Å²) in [4.78, 5) is 16.4. The molecule has 118 valence electrons. The predicted molar refractivity (Wildman–Crippen MR) is 84.6 cm³/mol. The van der Waals surface area contributed by atoms with Crippen LogP contribution in [0.1, 0.15) is 18.3 Å². The molecule has 2 N–H and O–H groups in total. The number of fused-ring (bicyclic) bond motifs is 1. The number of aryl methyl sites for hydroxylation is 1. The fourth-order valence-corrected chi connectivity index (χ4v) is 2.15. The van der Waals surface area contributed by atoms with Gasteiger partial charge in [-0.3, -0.25) is 0 Å². The van der Waals surface area contributed by atoms with Crippen LogP contribution in [-0.4, -0.2) is 20.6 Å². The summed E-state index contributed by atoms with van der Waals surface area (Å²) in [5, 5.41) is 9.78. The third-order valence-electron chi connectivity index (χ3n) is 3.34. The van der Waals surface area contributed by atoms with Crippen LogP contribution < -0.4 is 10.6 Å². The average molecular weight is 313 g/mol. The zero-order valence-corrected chi connectivity index (χ0v) is 12.6. The Morgan fingerprint density at radius 3 is 2.78 bits per heavy atom. The summed E-state index contributed by atoms with van der Waals surface area (Å²) in [6.45, 7) is 2.28. The Kier molecular flexibility index (Phi) is 4.18. The minimum absolute atomic E-state index is 0.302. The molecule has 0 spiro atoms. The number of nitrogens with zero attached hydrogens (tertiary/aromatic N) is 3. The van der Waals surface area contributed by atoms with E-state index in [0.717, 1.165) is 12.0 Å². The maximum absolute atomic E-state index is 12.8. The number of aromatic nitrogens is 3. The van der Waals surface area contributed by atoms with E-state index in [0.29, 0.717) is 23.7 Å². The number of carbonyl (C=O) groups excluding carboxylic acids is 1. The van der Waals surface area contributed by atoms with Gasteiger partial charge in [-0.2, -0.15) is 5.10 Å². The molecule has 0 fully saturated rings. The number of nitrogens with one attached hydrogen (secondary N) is 2. The van der Waals surface area contributed by atoms with Gasteiger partial charge in [0.25, 0.3) is 0 Å². The Balaban J connectivity index is 1.68. The first-order valence-corrected chi connectivity index (χ1v) is 7.29. The van der Waals surface area contributed by atoms with Crippen molar-refractivity contribution < 1.29 is 9.18 Å². The van der Waals surface area contributed by atoms with E-state index < -0.39 is 0 Å². The molecular weight excluding hydrogens is 297 g/mol. The van der Waals surface area contributed by atoms with Crippen molar-refractivity contribution in [3.05, 3.63) is 59.8 Å². The van der Waals surface area contributed by atoms with Crippen molar-refractivity contribution in [1.29, 1.82) is 0 Å². The number of urea groups is 1. The SMILES string of the molecule is CCc1nc2c(NC(=O)NCc3ccc(F)cc3)cccn2n1. The molecular formula is C16H16FN5O. The monoisotopic (exact) mass is 313 g/mol. The highest BCUT2D eigenvalue weighted by Gasteiger charge is 2.09. The van der Waals surface area contributed by atoms with Crippen LogP contribution in [0, 0.1) is 5.82 Å². The second kappa shape index (κ2) is 6.43. The van der Waals surface area contributed by atoms with Gasteiger partial charge in [0, 0.05) is 19.2 Å². The number of rotatable bonds is 4. The Labute approximate surface area is 132 Å². The quantitative estimate of drug-likeness (QED) is 0.778.